The lowest BCUT2D eigenvalue weighted by Crippen LogP contribution is -2.67. The van der Waals surface area contributed by atoms with E-state index in [1.165, 1.54) is 0 Å². The van der Waals surface area contributed by atoms with Gasteiger partial charge in [-0.3, -0.25) is 16.0 Å². The van der Waals surface area contributed by atoms with Crippen molar-refractivity contribution in [2.75, 3.05) is 18.5 Å². The number of rotatable bonds is 5. The van der Waals surface area contributed by atoms with Gasteiger partial charge in [0.1, 0.15) is 12.1 Å². The molecule has 11 heteroatoms. The highest BCUT2D eigenvalue weighted by molar-refractivity contribution is 5.89. The average Bonchev–Trinajstić information content (AvgIpc) is 2.53. The van der Waals surface area contributed by atoms with E-state index in [1.807, 2.05) is 6.92 Å². The Kier molecular flexibility index (Phi) is 6.75. The maximum absolute atomic E-state index is 13.3. The summed E-state index contributed by atoms with van der Waals surface area (Å²) in [6.45, 7) is 2.24. The van der Waals surface area contributed by atoms with Crippen LogP contribution in [0, 0.1) is 5.82 Å². The van der Waals surface area contributed by atoms with Gasteiger partial charge in [0.05, 0.1) is 18.3 Å². The zero-order valence-corrected chi connectivity index (χ0v) is 14.0. The molecule has 3 unspecified atom stereocenters. The van der Waals surface area contributed by atoms with Gasteiger partial charge in [0.2, 0.25) is 0 Å². The van der Waals surface area contributed by atoms with Crippen LogP contribution in [0.5, 0.6) is 0 Å². The lowest BCUT2D eigenvalue weighted by molar-refractivity contribution is -0.139. The maximum atomic E-state index is 13.3. The number of alkyl halides is 3. The van der Waals surface area contributed by atoms with E-state index < -0.39 is 29.9 Å². The molecule has 7 nitrogen and oxygen atoms in total. The van der Waals surface area contributed by atoms with Gasteiger partial charge in [-0.15, -0.1) is 0 Å². The van der Waals surface area contributed by atoms with Crippen LogP contribution < -0.4 is 26.6 Å². The number of carbonyl (C=O) groups excluding carboxylic acids is 1. The zero-order valence-electron chi connectivity index (χ0n) is 14.0. The van der Waals surface area contributed by atoms with Gasteiger partial charge >= 0.3 is 12.2 Å². The van der Waals surface area contributed by atoms with E-state index in [0.29, 0.717) is 25.1 Å². The molecule has 1 fully saturated rings. The lowest BCUT2D eigenvalue weighted by atomic mass is 10.1. The molecule has 0 bridgehead atoms. The third-order valence-electron chi connectivity index (χ3n) is 3.72. The molecule has 1 aliphatic heterocycles. The van der Waals surface area contributed by atoms with Crippen LogP contribution >= 0.6 is 0 Å². The first-order chi connectivity index (χ1) is 12.2. The number of urea groups is 1. The fraction of sp³-hybridized carbons (Fsp3) is 0.533. The summed E-state index contributed by atoms with van der Waals surface area (Å²) in [5, 5.41) is 22.8. The highest BCUT2D eigenvalue weighted by atomic mass is 19.4. The van der Waals surface area contributed by atoms with Crippen molar-refractivity contribution < 1.29 is 27.5 Å². The van der Waals surface area contributed by atoms with E-state index in [1.54, 1.807) is 0 Å². The summed E-state index contributed by atoms with van der Waals surface area (Å²) in [6, 6.07) is 1.50. The van der Waals surface area contributed by atoms with Crippen LogP contribution in [-0.4, -0.2) is 42.8 Å². The fourth-order valence-electron chi connectivity index (χ4n) is 2.61. The first-order valence-electron chi connectivity index (χ1n) is 7.99. The molecule has 3 atom stereocenters. The van der Waals surface area contributed by atoms with E-state index in [4.69, 9.17) is 5.11 Å². The highest BCUT2D eigenvalue weighted by Crippen LogP contribution is 2.32. The Bertz CT molecular complexity index is 629. The molecule has 0 aromatic heterocycles. The lowest BCUT2D eigenvalue weighted by Gasteiger charge is -2.36. The van der Waals surface area contributed by atoms with Crippen LogP contribution in [0.25, 0.3) is 0 Å². The monoisotopic (exact) mass is 379 g/mol. The molecule has 6 N–H and O–H groups in total. The maximum Gasteiger partial charge on any atom is 0.419 e. The van der Waals surface area contributed by atoms with Crippen molar-refractivity contribution in [1.82, 2.24) is 21.3 Å². The summed E-state index contributed by atoms with van der Waals surface area (Å²) in [7, 11) is 0. The Morgan fingerprint density at radius 2 is 2.08 bits per heavy atom. The SMILES string of the molecule is CC1CC(NCCO)NC(NC(=O)Nc2ccc(F)c(C(F)(F)F)c2)N1. The Balaban J connectivity index is 1.96. The van der Waals surface area contributed by atoms with Gasteiger partial charge in [-0.05, 0) is 31.5 Å². The first kappa shape index (κ1) is 20.4. The molecule has 1 aliphatic rings. The van der Waals surface area contributed by atoms with Gasteiger partial charge in [0.15, 0.2) is 0 Å². The van der Waals surface area contributed by atoms with Gasteiger partial charge in [0.25, 0.3) is 0 Å². The predicted molar refractivity (Wildman–Crippen MR) is 86.6 cm³/mol. The normalized spacial score (nSPS) is 23.5. The number of nitrogens with one attached hydrogen (secondary N) is 5. The Morgan fingerprint density at radius 3 is 2.73 bits per heavy atom. The molecule has 1 heterocycles. The Morgan fingerprint density at radius 1 is 1.35 bits per heavy atom. The van der Waals surface area contributed by atoms with E-state index in [-0.39, 0.29) is 24.5 Å². The number of benzene rings is 1. The molecule has 26 heavy (non-hydrogen) atoms. The second-order valence-corrected chi connectivity index (χ2v) is 5.92. The molecular weight excluding hydrogens is 358 g/mol. The molecule has 0 aliphatic carbocycles. The number of carbonyl (C=O) groups is 1. The molecule has 1 aromatic rings. The van der Waals surface area contributed by atoms with Gasteiger partial charge in [0, 0.05) is 18.3 Å². The van der Waals surface area contributed by atoms with Crippen molar-refractivity contribution in [2.45, 2.75) is 38.0 Å². The molecular formula is C15H21F4N5O2. The summed E-state index contributed by atoms with van der Waals surface area (Å²) in [4.78, 5) is 12.0. The zero-order chi connectivity index (χ0) is 19.3. The number of anilines is 1. The number of aliphatic hydroxyl groups is 1. The van der Waals surface area contributed by atoms with Crippen molar-refractivity contribution in [3.05, 3.63) is 29.6 Å². The quantitative estimate of drug-likeness (QED) is 0.431. The van der Waals surface area contributed by atoms with Crippen LogP contribution in [0.2, 0.25) is 0 Å². The van der Waals surface area contributed by atoms with Crippen molar-refractivity contribution in [3.8, 4) is 0 Å². The highest BCUT2D eigenvalue weighted by Gasteiger charge is 2.34. The molecule has 1 aromatic carbocycles. The van der Waals surface area contributed by atoms with E-state index in [9.17, 15) is 22.4 Å². The minimum Gasteiger partial charge on any atom is -0.395 e. The van der Waals surface area contributed by atoms with Gasteiger partial charge < -0.3 is 15.7 Å². The van der Waals surface area contributed by atoms with Crippen molar-refractivity contribution in [1.29, 1.82) is 0 Å². The number of aliphatic hydroxyl groups excluding tert-OH is 1. The largest absolute Gasteiger partial charge is 0.419 e. The Labute approximate surface area is 147 Å². The van der Waals surface area contributed by atoms with Crippen LogP contribution in [-0.2, 0) is 6.18 Å². The molecule has 0 spiro atoms. The number of amides is 2. The van der Waals surface area contributed by atoms with Gasteiger partial charge in [-0.2, -0.15) is 13.2 Å². The van der Waals surface area contributed by atoms with Gasteiger partial charge in [-0.1, -0.05) is 0 Å². The number of halogens is 4. The van der Waals surface area contributed by atoms with Crippen LogP contribution in [0.15, 0.2) is 18.2 Å². The minimum absolute atomic E-state index is 0.0370. The summed E-state index contributed by atoms with van der Waals surface area (Å²) in [5.74, 6) is -1.41. The number of hydrogen-bond acceptors (Lipinski definition) is 5. The van der Waals surface area contributed by atoms with Crippen molar-refractivity contribution >= 4 is 11.7 Å². The third kappa shape index (κ3) is 5.80. The summed E-state index contributed by atoms with van der Waals surface area (Å²) in [5.41, 5.74) is -1.64. The molecule has 2 rings (SSSR count). The Hall–Kier alpha value is -1.95. The molecule has 0 radical (unpaired) electrons. The van der Waals surface area contributed by atoms with Crippen LogP contribution in [0.4, 0.5) is 28.0 Å². The number of hydrogen-bond donors (Lipinski definition) is 6. The van der Waals surface area contributed by atoms with Gasteiger partial charge in [-0.25, -0.2) is 9.18 Å². The molecule has 0 saturated carbocycles. The van der Waals surface area contributed by atoms with Crippen LogP contribution in [0.3, 0.4) is 0 Å². The van der Waals surface area contributed by atoms with E-state index in [2.05, 4.69) is 26.6 Å². The third-order valence-corrected chi connectivity index (χ3v) is 3.72. The second kappa shape index (κ2) is 8.62. The minimum atomic E-state index is -4.86. The van der Waals surface area contributed by atoms with E-state index >= 15 is 0 Å². The predicted octanol–water partition coefficient (Wildman–Crippen LogP) is 1.13. The average molecular weight is 379 g/mol. The smallest absolute Gasteiger partial charge is 0.395 e. The van der Waals surface area contributed by atoms with Crippen molar-refractivity contribution in [2.24, 2.45) is 0 Å². The summed E-state index contributed by atoms with van der Waals surface area (Å²) in [6.07, 6.45) is -4.96. The fourth-order valence-corrected chi connectivity index (χ4v) is 2.61. The first-order valence-corrected chi connectivity index (χ1v) is 7.99. The summed E-state index contributed by atoms with van der Waals surface area (Å²) < 4.78 is 51.4. The second-order valence-electron chi connectivity index (χ2n) is 5.92. The molecule has 1 saturated heterocycles. The topological polar surface area (TPSA) is 97.5 Å². The summed E-state index contributed by atoms with van der Waals surface area (Å²) >= 11 is 0. The van der Waals surface area contributed by atoms with E-state index in [0.717, 1.165) is 6.07 Å². The molecule has 146 valence electrons. The van der Waals surface area contributed by atoms with Crippen LogP contribution in [0.1, 0.15) is 18.9 Å². The van der Waals surface area contributed by atoms with Crippen molar-refractivity contribution in [3.63, 3.8) is 0 Å². The molecule has 2 amide bonds. The standard InChI is InChI=1S/C15H21F4N5O2/c1-8-6-12(20-4-5-25)23-13(21-8)24-14(26)22-9-2-3-11(16)10(7-9)15(17,18)19/h2-3,7-8,12-13,20-21,23,25H,4-6H2,1H3,(H2,22,24,26).